The summed E-state index contributed by atoms with van der Waals surface area (Å²) in [6.45, 7) is 3.75. The van der Waals surface area contributed by atoms with Crippen LogP contribution in [0.4, 0.5) is 5.82 Å². The zero-order chi connectivity index (χ0) is 25.2. The van der Waals surface area contributed by atoms with Gasteiger partial charge in [-0.3, -0.25) is 4.98 Å². The third-order valence-corrected chi connectivity index (χ3v) is 6.00. The van der Waals surface area contributed by atoms with Crippen molar-refractivity contribution in [2.75, 3.05) is 38.2 Å². The van der Waals surface area contributed by atoms with Gasteiger partial charge < -0.3 is 25.6 Å². The number of unbranched alkanes of at least 4 members (excludes halogenated alkanes) is 1. The van der Waals surface area contributed by atoms with Gasteiger partial charge in [-0.05, 0) is 55.1 Å². The summed E-state index contributed by atoms with van der Waals surface area (Å²) in [4.78, 5) is 20.3. The molecular formula is C28H32N4O4. The Morgan fingerprint density at radius 3 is 2.69 bits per heavy atom. The number of carbonyl (C=O) groups is 1. The van der Waals surface area contributed by atoms with Crippen molar-refractivity contribution < 1.29 is 19.7 Å². The lowest BCUT2D eigenvalue weighted by Gasteiger charge is -2.12. The summed E-state index contributed by atoms with van der Waals surface area (Å²) in [5.74, 6) is -0.284. The Labute approximate surface area is 210 Å². The van der Waals surface area contributed by atoms with Gasteiger partial charge in [0.25, 0.3) is 0 Å². The first-order valence-electron chi connectivity index (χ1n) is 12.3. The molecule has 0 radical (unpaired) electrons. The van der Waals surface area contributed by atoms with Crippen molar-refractivity contribution in [3.8, 4) is 0 Å². The molecule has 4 N–H and O–H groups in total. The highest BCUT2D eigenvalue weighted by Gasteiger charge is 2.11. The van der Waals surface area contributed by atoms with Gasteiger partial charge in [0.2, 0.25) is 0 Å². The molecular weight excluding hydrogens is 456 g/mol. The first kappa shape index (κ1) is 25.5. The van der Waals surface area contributed by atoms with Crippen LogP contribution in [-0.2, 0) is 17.7 Å². The first-order valence-corrected chi connectivity index (χ1v) is 12.3. The molecule has 2 heterocycles. The van der Waals surface area contributed by atoms with E-state index in [1.165, 1.54) is 5.56 Å². The third-order valence-electron chi connectivity index (χ3n) is 6.00. The minimum absolute atomic E-state index is 0.173. The molecule has 0 aliphatic rings. The van der Waals surface area contributed by atoms with E-state index in [9.17, 15) is 9.90 Å². The number of ether oxygens (including phenoxy) is 1. The van der Waals surface area contributed by atoms with E-state index in [4.69, 9.17) is 9.84 Å². The average Bonchev–Trinajstić information content (AvgIpc) is 2.89. The van der Waals surface area contributed by atoms with Crippen molar-refractivity contribution >= 4 is 33.5 Å². The van der Waals surface area contributed by atoms with Crippen LogP contribution >= 0.6 is 0 Å². The van der Waals surface area contributed by atoms with Crippen LogP contribution < -0.4 is 10.6 Å². The molecule has 0 atom stereocenters. The van der Waals surface area contributed by atoms with Crippen molar-refractivity contribution in [1.29, 1.82) is 0 Å². The topological polar surface area (TPSA) is 117 Å². The lowest BCUT2D eigenvalue weighted by Crippen LogP contribution is -2.16. The molecule has 0 aliphatic heterocycles. The number of hydrogen-bond acceptors (Lipinski definition) is 7. The number of fused-ring (bicyclic) bond motifs is 3. The Hall–Kier alpha value is -3.59. The second-order valence-electron chi connectivity index (χ2n) is 8.64. The highest BCUT2D eigenvalue weighted by atomic mass is 16.5. The van der Waals surface area contributed by atoms with Crippen LogP contribution in [0.25, 0.3) is 21.7 Å². The lowest BCUT2D eigenvalue weighted by molar-refractivity contribution is 0.0697. The SMILES string of the molecule is O=C(O)c1ccc2c(c1)nc(NCCOCCCCNCc1cccc(CCO)c1)c1ccncc12. The molecule has 0 bridgehead atoms. The van der Waals surface area contributed by atoms with Crippen molar-refractivity contribution in [3.63, 3.8) is 0 Å². The van der Waals surface area contributed by atoms with Crippen LogP contribution in [0.3, 0.4) is 0 Å². The van der Waals surface area contributed by atoms with Gasteiger partial charge >= 0.3 is 5.97 Å². The van der Waals surface area contributed by atoms with Gasteiger partial charge in [-0.15, -0.1) is 0 Å². The predicted octanol–water partition coefficient (Wildman–Crippen LogP) is 4.01. The molecule has 0 unspecified atom stereocenters. The summed E-state index contributed by atoms with van der Waals surface area (Å²) >= 11 is 0. The number of carboxylic acids is 1. The van der Waals surface area contributed by atoms with Gasteiger partial charge in [0.15, 0.2) is 0 Å². The Kier molecular flexibility index (Phi) is 9.15. The maximum Gasteiger partial charge on any atom is 0.335 e. The second-order valence-corrected chi connectivity index (χ2v) is 8.64. The molecule has 0 saturated heterocycles. The molecule has 36 heavy (non-hydrogen) atoms. The zero-order valence-electron chi connectivity index (χ0n) is 20.2. The molecule has 0 amide bonds. The summed E-state index contributed by atoms with van der Waals surface area (Å²) in [5.41, 5.74) is 3.21. The highest BCUT2D eigenvalue weighted by Crippen LogP contribution is 2.29. The molecule has 8 nitrogen and oxygen atoms in total. The maximum atomic E-state index is 11.4. The number of anilines is 1. The van der Waals surface area contributed by atoms with Crippen molar-refractivity contribution in [2.45, 2.75) is 25.8 Å². The van der Waals surface area contributed by atoms with Gasteiger partial charge in [-0.2, -0.15) is 0 Å². The summed E-state index contributed by atoms with van der Waals surface area (Å²) < 4.78 is 5.78. The lowest BCUT2D eigenvalue weighted by atomic mass is 10.1. The minimum atomic E-state index is -0.977. The maximum absolute atomic E-state index is 11.4. The molecule has 2 aromatic heterocycles. The Bertz CT molecular complexity index is 1310. The van der Waals surface area contributed by atoms with Gasteiger partial charge in [0.05, 0.1) is 17.7 Å². The fourth-order valence-corrected chi connectivity index (χ4v) is 4.17. The molecule has 0 fully saturated rings. The van der Waals surface area contributed by atoms with E-state index in [1.54, 1.807) is 30.6 Å². The number of aliphatic hydroxyl groups excluding tert-OH is 1. The molecule has 188 valence electrons. The van der Waals surface area contributed by atoms with Gasteiger partial charge in [-0.25, -0.2) is 9.78 Å². The number of hydrogen-bond donors (Lipinski definition) is 4. The van der Waals surface area contributed by atoms with E-state index in [1.807, 2.05) is 18.2 Å². The van der Waals surface area contributed by atoms with Crippen molar-refractivity contribution in [1.82, 2.24) is 15.3 Å². The van der Waals surface area contributed by atoms with E-state index < -0.39 is 5.97 Å². The van der Waals surface area contributed by atoms with Gasteiger partial charge in [-0.1, -0.05) is 30.3 Å². The highest BCUT2D eigenvalue weighted by molar-refractivity contribution is 6.10. The normalized spacial score (nSPS) is 11.2. The number of aliphatic hydroxyl groups is 1. The molecule has 4 rings (SSSR count). The van der Waals surface area contributed by atoms with Crippen LogP contribution in [-0.4, -0.2) is 59.1 Å². The zero-order valence-corrected chi connectivity index (χ0v) is 20.2. The van der Waals surface area contributed by atoms with E-state index in [-0.39, 0.29) is 12.2 Å². The molecule has 4 aromatic rings. The van der Waals surface area contributed by atoms with Crippen LogP contribution in [0.2, 0.25) is 0 Å². The third kappa shape index (κ3) is 6.75. The van der Waals surface area contributed by atoms with E-state index >= 15 is 0 Å². The smallest absolute Gasteiger partial charge is 0.335 e. The second kappa shape index (κ2) is 12.9. The Morgan fingerprint density at radius 2 is 1.83 bits per heavy atom. The Balaban J connectivity index is 1.19. The number of pyridine rings is 2. The number of nitrogens with one attached hydrogen (secondary N) is 2. The van der Waals surface area contributed by atoms with Crippen LogP contribution in [0.5, 0.6) is 0 Å². The monoisotopic (exact) mass is 488 g/mol. The van der Waals surface area contributed by atoms with Crippen molar-refractivity contribution in [2.24, 2.45) is 0 Å². The summed E-state index contributed by atoms with van der Waals surface area (Å²) in [6.07, 6.45) is 6.19. The Morgan fingerprint density at radius 1 is 0.944 bits per heavy atom. The fraction of sp³-hybridized carbons (Fsp3) is 0.321. The van der Waals surface area contributed by atoms with Gasteiger partial charge in [0, 0.05) is 54.9 Å². The van der Waals surface area contributed by atoms with Crippen LogP contribution in [0, 0.1) is 0 Å². The van der Waals surface area contributed by atoms with Crippen LogP contribution in [0.15, 0.2) is 60.9 Å². The number of aromatic carboxylic acids is 1. The number of nitrogens with zero attached hydrogens (tertiary/aromatic N) is 2. The largest absolute Gasteiger partial charge is 0.478 e. The van der Waals surface area contributed by atoms with Gasteiger partial charge in [0.1, 0.15) is 5.82 Å². The number of rotatable bonds is 14. The number of carboxylic acid groups (broad SMARTS) is 1. The van der Waals surface area contributed by atoms with E-state index in [0.717, 1.165) is 47.7 Å². The molecule has 0 spiro atoms. The predicted molar refractivity (Wildman–Crippen MR) is 141 cm³/mol. The van der Waals surface area contributed by atoms with Crippen LogP contribution in [0.1, 0.15) is 34.3 Å². The van der Waals surface area contributed by atoms with E-state index in [0.29, 0.717) is 37.5 Å². The fourth-order valence-electron chi connectivity index (χ4n) is 4.17. The number of benzene rings is 2. The standard InChI is InChI=1S/C28H32N4O4/c33-13-9-20-4-3-5-21(16-20)18-29-10-1-2-14-36-15-12-31-27-24-8-11-30-19-25(24)23-7-6-22(28(34)35)17-26(23)32-27/h3-8,11,16-17,19,29,33H,1-2,9-10,12-15,18H2,(H,31,32)(H,34,35). The quantitative estimate of drug-likeness (QED) is 0.155. The van der Waals surface area contributed by atoms with E-state index in [2.05, 4.69) is 32.7 Å². The minimum Gasteiger partial charge on any atom is -0.478 e. The summed E-state index contributed by atoms with van der Waals surface area (Å²) in [5, 5.41) is 27.9. The first-order chi connectivity index (χ1) is 17.7. The molecule has 8 heteroatoms. The number of aromatic nitrogens is 2. The summed E-state index contributed by atoms with van der Waals surface area (Å²) in [6, 6.07) is 15.2. The molecule has 2 aromatic carbocycles. The molecule has 0 saturated carbocycles. The summed E-state index contributed by atoms with van der Waals surface area (Å²) in [7, 11) is 0. The molecule has 0 aliphatic carbocycles. The average molecular weight is 489 g/mol. The van der Waals surface area contributed by atoms with Crippen molar-refractivity contribution in [3.05, 3.63) is 77.6 Å².